The van der Waals surface area contributed by atoms with Crippen LogP contribution >= 0.6 is 15.9 Å². The van der Waals surface area contributed by atoms with Gasteiger partial charge in [0.2, 0.25) is 0 Å². The van der Waals surface area contributed by atoms with E-state index in [1.807, 2.05) is 6.92 Å². The van der Waals surface area contributed by atoms with Crippen LogP contribution in [0.3, 0.4) is 0 Å². The largest absolute Gasteiger partial charge is 0.419 e. The zero-order chi connectivity index (χ0) is 16.0. The number of hydrogen-bond acceptors (Lipinski definition) is 1. The highest BCUT2D eigenvalue weighted by Crippen LogP contribution is 2.31. The number of halogens is 5. The molecule has 1 amide bonds. The molecule has 0 aliphatic heterocycles. The van der Waals surface area contributed by atoms with E-state index in [0.29, 0.717) is 24.6 Å². The summed E-state index contributed by atoms with van der Waals surface area (Å²) in [7, 11) is 0. The third-order valence-corrected chi connectivity index (χ3v) is 4.06. The number of rotatable bonds is 6. The van der Waals surface area contributed by atoms with Crippen LogP contribution in [-0.4, -0.2) is 17.8 Å². The van der Waals surface area contributed by atoms with Crippen LogP contribution in [0.2, 0.25) is 0 Å². The van der Waals surface area contributed by atoms with Crippen molar-refractivity contribution in [2.45, 2.75) is 25.9 Å². The number of alkyl halides is 4. The van der Waals surface area contributed by atoms with Crippen LogP contribution in [0.5, 0.6) is 0 Å². The van der Waals surface area contributed by atoms with Crippen molar-refractivity contribution in [3.63, 3.8) is 0 Å². The average molecular weight is 370 g/mol. The Morgan fingerprint density at radius 1 is 1.38 bits per heavy atom. The number of hydrogen-bond donors (Lipinski definition) is 1. The summed E-state index contributed by atoms with van der Waals surface area (Å²) in [4.78, 5) is 11.7. The van der Waals surface area contributed by atoms with Gasteiger partial charge in [-0.1, -0.05) is 22.9 Å². The summed E-state index contributed by atoms with van der Waals surface area (Å²) in [6, 6.07) is 2.23. The summed E-state index contributed by atoms with van der Waals surface area (Å²) < 4.78 is 50.8. The molecule has 7 heteroatoms. The standard InChI is InChI=1S/C14H16BrF4NO/c1-9(8-15)3-2-6-20-13(21)10-4-5-12(16)11(7-10)14(17,18)19/h4-5,7,9H,2-3,6,8H2,1H3,(H,20,21). The number of carbonyl (C=O) groups is 1. The number of benzene rings is 1. The molecule has 0 saturated heterocycles. The Morgan fingerprint density at radius 2 is 2.05 bits per heavy atom. The lowest BCUT2D eigenvalue weighted by atomic mass is 10.1. The molecule has 118 valence electrons. The molecule has 0 bridgehead atoms. The SMILES string of the molecule is CC(CBr)CCCNC(=O)c1ccc(F)c(C(F)(F)F)c1. The van der Waals surface area contributed by atoms with Gasteiger partial charge in [-0.15, -0.1) is 0 Å². The van der Waals surface area contributed by atoms with Gasteiger partial charge in [-0.3, -0.25) is 4.79 Å². The normalized spacial score (nSPS) is 13.0. The van der Waals surface area contributed by atoms with Gasteiger partial charge in [-0.25, -0.2) is 4.39 Å². The fraction of sp³-hybridized carbons (Fsp3) is 0.500. The molecule has 0 fully saturated rings. The average Bonchev–Trinajstić information content (AvgIpc) is 2.42. The van der Waals surface area contributed by atoms with E-state index in [4.69, 9.17) is 0 Å². The summed E-state index contributed by atoms with van der Waals surface area (Å²) in [6.07, 6.45) is -3.19. The molecule has 1 aromatic rings. The molecule has 0 aliphatic rings. The van der Waals surface area contributed by atoms with Crippen molar-refractivity contribution in [3.8, 4) is 0 Å². The second-order valence-electron chi connectivity index (χ2n) is 4.85. The predicted molar refractivity (Wildman–Crippen MR) is 75.9 cm³/mol. The zero-order valence-corrected chi connectivity index (χ0v) is 13.0. The van der Waals surface area contributed by atoms with E-state index in [1.54, 1.807) is 0 Å². The summed E-state index contributed by atoms with van der Waals surface area (Å²) in [5.41, 5.74) is -1.62. The van der Waals surface area contributed by atoms with Crippen LogP contribution in [0.4, 0.5) is 17.6 Å². The molecule has 1 rings (SSSR count). The fourth-order valence-corrected chi connectivity index (χ4v) is 2.04. The highest BCUT2D eigenvalue weighted by Gasteiger charge is 2.34. The van der Waals surface area contributed by atoms with E-state index in [2.05, 4.69) is 21.2 Å². The van der Waals surface area contributed by atoms with Gasteiger partial charge in [0.15, 0.2) is 0 Å². The van der Waals surface area contributed by atoms with Crippen LogP contribution < -0.4 is 5.32 Å². The fourth-order valence-electron chi connectivity index (χ4n) is 1.72. The van der Waals surface area contributed by atoms with Gasteiger partial charge in [0.25, 0.3) is 5.91 Å². The second kappa shape index (κ2) is 7.77. The molecule has 1 aromatic carbocycles. The molecular weight excluding hydrogens is 354 g/mol. The monoisotopic (exact) mass is 369 g/mol. The molecule has 0 saturated carbocycles. The van der Waals surface area contributed by atoms with E-state index in [9.17, 15) is 22.4 Å². The maximum atomic E-state index is 13.1. The van der Waals surface area contributed by atoms with Crippen molar-refractivity contribution in [1.82, 2.24) is 5.32 Å². The lowest BCUT2D eigenvalue weighted by Gasteiger charge is -2.11. The first-order valence-corrected chi connectivity index (χ1v) is 7.58. The van der Waals surface area contributed by atoms with Crippen LogP contribution in [0.25, 0.3) is 0 Å². The molecule has 1 N–H and O–H groups in total. The maximum absolute atomic E-state index is 13.1. The van der Waals surface area contributed by atoms with Crippen molar-refractivity contribution in [2.75, 3.05) is 11.9 Å². The third kappa shape index (κ3) is 5.65. The lowest BCUT2D eigenvalue weighted by molar-refractivity contribution is -0.140. The van der Waals surface area contributed by atoms with Gasteiger partial charge in [0.1, 0.15) is 5.82 Å². The Labute approximate surface area is 129 Å². The molecule has 0 heterocycles. The lowest BCUT2D eigenvalue weighted by Crippen LogP contribution is -2.25. The van der Waals surface area contributed by atoms with Gasteiger partial charge in [0.05, 0.1) is 5.56 Å². The molecule has 1 unspecified atom stereocenters. The van der Waals surface area contributed by atoms with E-state index < -0.39 is 23.5 Å². The second-order valence-corrected chi connectivity index (χ2v) is 5.50. The van der Waals surface area contributed by atoms with E-state index in [-0.39, 0.29) is 5.56 Å². The summed E-state index contributed by atoms with van der Waals surface area (Å²) >= 11 is 3.34. The van der Waals surface area contributed by atoms with Gasteiger partial charge >= 0.3 is 6.18 Å². The third-order valence-electron chi connectivity index (χ3n) is 2.96. The molecular formula is C14H16BrF4NO. The molecule has 0 aromatic heterocycles. The summed E-state index contributed by atoms with van der Waals surface area (Å²) in [5, 5.41) is 3.39. The molecule has 21 heavy (non-hydrogen) atoms. The first-order valence-electron chi connectivity index (χ1n) is 6.46. The van der Waals surface area contributed by atoms with Gasteiger partial charge < -0.3 is 5.32 Å². The Balaban J connectivity index is 2.63. The molecule has 1 atom stereocenters. The van der Waals surface area contributed by atoms with E-state index >= 15 is 0 Å². The first kappa shape index (κ1) is 17.9. The Hall–Kier alpha value is -1.11. The topological polar surface area (TPSA) is 29.1 Å². The maximum Gasteiger partial charge on any atom is 0.419 e. The van der Waals surface area contributed by atoms with Crippen LogP contribution in [0, 0.1) is 11.7 Å². The number of amides is 1. The van der Waals surface area contributed by atoms with Crippen molar-refractivity contribution in [3.05, 3.63) is 35.1 Å². The Bertz CT molecular complexity index is 490. The summed E-state index contributed by atoms with van der Waals surface area (Å²) in [5.74, 6) is -1.55. The van der Waals surface area contributed by atoms with Gasteiger partial charge in [0, 0.05) is 17.4 Å². The summed E-state index contributed by atoms with van der Waals surface area (Å²) in [6.45, 7) is 2.42. The van der Waals surface area contributed by atoms with Crippen LogP contribution in [-0.2, 0) is 6.18 Å². The van der Waals surface area contributed by atoms with Crippen LogP contribution in [0.15, 0.2) is 18.2 Å². The number of nitrogens with one attached hydrogen (secondary N) is 1. The highest BCUT2D eigenvalue weighted by atomic mass is 79.9. The minimum atomic E-state index is -4.81. The first-order chi connectivity index (χ1) is 9.75. The van der Waals surface area contributed by atoms with E-state index in [0.717, 1.165) is 24.2 Å². The molecule has 2 nitrogen and oxygen atoms in total. The Morgan fingerprint density at radius 3 is 2.62 bits per heavy atom. The van der Waals surface area contributed by atoms with Gasteiger partial charge in [-0.2, -0.15) is 13.2 Å². The quantitative estimate of drug-likeness (QED) is 0.449. The molecule has 0 spiro atoms. The highest BCUT2D eigenvalue weighted by molar-refractivity contribution is 9.09. The minimum absolute atomic E-state index is 0.197. The van der Waals surface area contributed by atoms with Crippen LogP contribution in [0.1, 0.15) is 35.7 Å². The molecule has 0 radical (unpaired) electrons. The predicted octanol–water partition coefficient (Wildman–Crippen LogP) is 4.39. The smallest absolute Gasteiger partial charge is 0.352 e. The van der Waals surface area contributed by atoms with Crippen molar-refractivity contribution >= 4 is 21.8 Å². The van der Waals surface area contributed by atoms with E-state index in [1.165, 1.54) is 0 Å². The van der Waals surface area contributed by atoms with Crippen molar-refractivity contribution in [2.24, 2.45) is 5.92 Å². The van der Waals surface area contributed by atoms with Gasteiger partial charge in [-0.05, 0) is 37.0 Å². The Kier molecular flexibility index (Phi) is 6.64. The van der Waals surface area contributed by atoms with Crippen molar-refractivity contribution < 1.29 is 22.4 Å². The van der Waals surface area contributed by atoms with Crippen molar-refractivity contribution in [1.29, 1.82) is 0 Å². The molecule has 0 aliphatic carbocycles. The zero-order valence-electron chi connectivity index (χ0n) is 11.4. The number of carbonyl (C=O) groups excluding carboxylic acids is 1. The minimum Gasteiger partial charge on any atom is -0.352 e.